The summed E-state index contributed by atoms with van der Waals surface area (Å²) in [5.41, 5.74) is 4.76. The molecule has 0 unspecified atom stereocenters. The van der Waals surface area contributed by atoms with Crippen LogP contribution in [0.25, 0.3) is 0 Å². The molecule has 23 heavy (non-hydrogen) atoms. The van der Waals surface area contributed by atoms with Gasteiger partial charge >= 0.3 is 0 Å². The molecule has 2 rings (SSSR count). The minimum absolute atomic E-state index is 0.165. The van der Waals surface area contributed by atoms with Crippen molar-refractivity contribution >= 4 is 11.6 Å². The predicted molar refractivity (Wildman–Crippen MR) is 94.6 cm³/mol. The third-order valence-electron chi connectivity index (χ3n) is 4.03. The van der Waals surface area contributed by atoms with Crippen LogP contribution in [-0.4, -0.2) is 35.9 Å². The van der Waals surface area contributed by atoms with Crippen molar-refractivity contribution < 1.29 is 4.79 Å². The number of rotatable bonds is 7. The lowest BCUT2D eigenvalue weighted by Crippen LogP contribution is -2.30. The number of aryl methyl sites for hydroxylation is 2. The second kappa shape index (κ2) is 8.32. The predicted octanol–water partition coefficient (Wildman–Crippen LogP) is 3.20. The van der Waals surface area contributed by atoms with E-state index in [0.717, 1.165) is 18.7 Å². The van der Waals surface area contributed by atoms with Crippen LogP contribution in [0.5, 0.6) is 0 Å². The van der Waals surface area contributed by atoms with Crippen molar-refractivity contribution in [2.24, 2.45) is 0 Å². The number of benzene rings is 1. The average Bonchev–Trinajstić information content (AvgIpc) is 2.56. The van der Waals surface area contributed by atoms with E-state index < -0.39 is 0 Å². The van der Waals surface area contributed by atoms with Gasteiger partial charge in [-0.05, 0) is 49.1 Å². The van der Waals surface area contributed by atoms with E-state index in [1.54, 1.807) is 17.3 Å². The molecular weight excluding hydrogens is 286 g/mol. The van der Waals surface area contributed by atoms with Gasteiger partial charge in [0.15, 0.2) is 0 Å². The molecule has 1 heterocycles. The smallest absolute Gasteiger partial charge is 0.224 e. The first-order valence-electron chi connectivity index (χ1n) is 8.01. The SMILES string of the molecule is Cc1cccc(C)c1NCCC(=O)N(C)CCc1ccncc1. The number of pyridine rings is 1. The summed E-state index contributed by atoms with van der Waals surface area (Å²) in [6.07, 6.45) is 4.92. The molecule has 0 spiro atoms. The highest BCUT2D eigenvalue weighted by atomic mass is 16.2. The zero-order valence-electron chi connectivity index (χ0n) is 14.2. The van der Waals surface area contributed by atoms with Gasteiger partial charge in [-0.3, -0.25) is 9.78 Å². The molecule has 0 aliphatic rings. The number of nitrogens with one attached hydrogen (secondary N) is 1. The van der Waals surface area contributed by atoms with Crippen molar-refractivity contribution in [1.82, 2.24) is 9.88 Å². The molecule has 1 amide bonds. The fourth-order valence-corrected chi connectivity index (χ4v) is 2.55. The summed E-state index contributed by atoms with van der Waals surface area (Å²) in [5, 5.41) is 3.39. The second-order valence-electron chi connectivity index (χ2n) is 5.86. The van der Waals surface area contributed by atoms with Crippen LogP contribution in [0.1, 0.15) is 23.1 Å². The Balaban J connectivity index is 1.76. The van der Waals surface area contributed by atoms with E-state index in [9.17, 15) is 4.79 Å². The lowest BCUT2D eigenvalue weighted by atomic mass is 10.1. The molecule has 0 radical (unpaired) electrons. The molecule has 1 N–H and O–H groups in total. The van der Waals surface area contributed by atoms with Crippen LogP contribution in [0.2, 0.25) is 0 Å². The van der Waals surface area contributed by atoms with E-state index in [-0.39, 0.29) is 5.91 Å². The van der Waals surface area contributed by atoms with Gasteiger partial charge in [-0.1, -0.05) is 18.2 Å². The first kappa shape index (κ1) is 17.0. The van der Waals surface area contributed by atoms with Crippen molar-refractivity contribution in [3.05, 3.63) is 59.4 Å². The van der Waals surface area contributed by atoms with Crippen LogP contribution in [0.3, 0.4) is 0 Å². The molecular formula is C19H25N3O. The van der Waals surface area contributed by atoms with Gasteiger partial charge in [0.1, 0.15) is 0 Å². The number of carbonyl (C=O) groups is 1. The highest BCUT2D eigenvalue weighted by molar-refractivity contribution is 5.76. The van der Waals surface area contributed by atoms with Crippen LogP contribution in [0.15, 0.2) is 42.7 Å². The molecule has 1 aromatic heterocycles. The largest absolute Gasteiger partial charge is 0.384 e. The molecule has 4 heteroatoms. The van der Waals surface area contributed by atoms with Gasteiger partial charge < -0.3 is 10.2 Å². The maximum absolute atomic E-state index is 12.2. The summed E-state index contributed by atoms with van der Waals surface area (Å²) in [7, 11) is 1.86. The Hall–Kier alpha value is -2.36. The van der Waals surface area contributed by atoms with Crippen LogP contribution < -0.4 is 5.32 Å². The van der Waals surface area contributed by atoms with E-state index in [1.165, 1.54) is 16.7 Å². The number of amides is 1. The number of hydrogen-bond donors (Lipinski definition) is 1. The Kier molecular flexibility index (Phi) is 6.15. The summed E-state index contributed by atoms with van der Waals surface area (Å²) in [6, 6.07) is 10.2. The van der Waals surface area contributed by atoms with Crippen molar-refractivity contribution in [2.45, 2.75) is 26.7 Å². The van der Waals surface area contributed by atoms with Crippen LogP contribution in [0.4, 0.5) is 5.69 Å². The fourth-order valence-electron chi connectivity index (χ4n) is 2.55. The normalized spacial score (nSPS) is 10.4. The number of anilines is 1. The van der Waals surface area contributed by atoms with Gasteiger partial charge in [-0.25, -0.2) is 0 Å². The number of aromatic nitrogens is 1. The van der Waals surface area contributed by atoms with Crippen LogP contribution in [0, 0.1) is 13.8 Å². The van der Waals surface area contributed by atoms with Gasteiger partial charge in [0.25, 0.3) is 0 Å². The first-order chi connectivity index (χ1) is 11.1. The van der Waals surface area contributed by atoms with Gasteiger partial charge in [0.05, 0.1) is 0 Å². The van der Waals surface area contributed by atoms with Crippen molar-refractivity contribution in [3.8, 4) is 0 Å². The Morgan fingerprint density at radius 2 is 1.78 bits per heavy atom. The second-order valence-corrected chi connectivity index (χ2v) is 5.86. The maximum Gasteiger partial charge on any atom is 0.224 e. The number of likely N-dealkylation sites (N-methyl/N-ethyl adjacent to an activating group) is 1. The van der Waals surface area contributed by atoms with Crippen molar-refractivity contribution in [3.63, 3.8) is 0 Å². The van der Waals surface area contributed by atoms with Gasteiger partial charge in [-0.2, -0.15) is 0 Å². The Morgan fingerprint density at radius 1 is 1.13 bits per heavy atom. The third-order valence-corrected chi connectivity index (χ3v) is 4.03. The quantitative estimate of drug-likeness (QED) is 0.854. The van der Waals surface area contributed by atoms with E-state index in [2.05, 4.69) is 36.3 Å². The van der Waals surface area contributed by atoms with Crippen molar-refractivity contribution in [2.75, 3.05) is 25.5 Å². The molecule has 1 aromatic carbocycles. The van der Waals surface area contributed by atoms with Gasteiger partial charge in [-0.15, -0.1) is 0 Å². The average molecular weight is 311 g/mol. The third kappa shape index (κ3) is 5.09. The summed E-state index contributed by atoms with van der Waals surface area (Å²) < 4.78 is 0. The molecule has 0 bridgehead atoms. The number of nitrogens with zero attached hydrogens (tertiary/aromatic N) is 2. The molecule has 4 nitrogen and oxygen atoms in total. The highest BCUT2D eigenvalue weighted by Crippen LogP contribution is 2.19. The monoisotopic (exact) mass is 311 g/mol. The lowest BCUT2D eigenvalue weighted by molar-refractivity contribution is -0.129. The van der Waals surface area contributed by atoms with E-state index in [4.69, 9.17) is 0 Å². The van der Waals surface area contributed by atoms with Crippen LogP contribution >= 0.6 is 0 Å². The standard InChI is InChI=1S/C19H25N3O/c1-15-5-4-6-16(2)19(15)21-13-9-18(23)22(3)14-10-17-7-11-20-12-8-17/h4-8,11-12,21H,9-10,13-14H2,1-3H3. The number of para-hydroxylation sites is 1. The minimum atomic E-state index is 0.165. The summed E-state index contributed by atoms with van der Waals surface area (Å²) in [5.74, 6) is 0.165. The number of carbonyl (C=O) groups excluding carboxylic acids is 1. The topological polar surface area (TPSA) is 45.2 Å². The number of hydrogen-bond acceptors (Lipinski definition) is 3. The van der Waals surface area contributed by atoms with E-state index >= 15 is 0 Å². The zero-order valence-corrected chi connectivity index (χ0v) is 14.2. The van der Waals surface area contributed by atoms with Gasteiger partial charge in [0.2, 0.25) is 5.91 Å². The summed E-state index contributed by atoms with van der Waals surface area (Å²) in [6.45, 7) is 5.55. The Bertz CT molecular complexity index is 620. The fraction of sp³-hybridized carbons (Fsp3) is 0.368. The van der Waals surface area contributed by atoms with E-state index in [1.807, 2.05) is 25.2 Å². The molecule has 0 aliphatic heterocycles. The van der Waals surface area contributed by atoms with E-state index in [0.29, 0.717) is 13.0 Å². The Morgan fingerprint density at radius 3 is 2.43 bits per heavy atom. The van der Waals surface area contributed by atoms with Crippen LogP contribution in [-0.2, 0) is 11.2 Å². The van der Waals surface area contributed by atoms with Crippen molar-refractivity contribution in [1.29, 1.82) is 0 Å². The summed E-state index contributed by atoms with van der Waals surface area (Å²) >= 11 is 0. The molecule has 0 saturated heterocycles. The lowest BCUT2D eigenvalue weighted by Gasteiger charge is -2.18. The molecule has 0 saturated carbocycles. The first-order valence-corrected chi connectivity index (χ1v) is 8.01. The molecule has 0 atom stereocenters. The Labute approximate surface area is 138 Å². The summed E-state index contributed by atoms with van der Waals surface area (Å²) in [4.78, 5) is 18.0. The maximum atomic E-state index is 12.2. The zero-order chi connectivity index (χ0) is 16.7. The molecule has 0 aliphatic carbocycles. The van der Waals surface area contributed by atoms with Gasteiger partial charge in [0, 0.05) is 44.6 Å². The molecule has 122 valence electrons. The minimum Gasteiger partial charge on any atom is -0.384 e. The molecule has 2 aromatic rings. The molecule has 0 fully saturated rings. The highest BCUT2D eigenvalue weighted by Gasteiger charge is 2.09.